The Balaban J connectivity index is 1.10. The van der Waals surface area contributed by atoms with E-state index in [0.29, 0.717) is 16.7 Å². The summed E-state index contributed by atoms with van der Waals surface area (Å²) >= 11 is 0. The van der Waals surface area contributed by atoms with Crippen LogP contribution in [0.15, 0.2) is 65.5 Å². The first-order chi connectivity index (χ1) is 17.0. The molecule has 4 aliphatic rings. The summed E-state index contributed by atoms with van der Waals surface area (Å²) < 4.78 is 10.8. The number of nitrogens with one attached hydrogen (secondary N) is 1. The topological polar surface area (TPSA) is 88.8 Å². The summed E-state index contributed by atoms with van der Waals surface area (Å²) in [4.78, 5) is 24.3. The minimum Gasteiger partial charge on any atom is -0.484 e. The molecule has 0 atom stereocenters. The summed E-state index contributed by atoms with van der Waals surface area (Å²) in [6.45, 7) is -0.195. The third-order valence-electron chi connectivity index (χ3n) is 8.25. The van der Waals surface area contributed by atoms with Crippen molar-refractivity contribution in [1.29, 1.82) is 0 Å². The second-order valence-electron chi connectivity index (χ2n) is 10.6. The molecule has 0 spiro atoms. The van der Waals surface area contributed by atoms with Crippen molar-refractivity contribution in [3.63, 3.8) is 0 Å². The molecule has 2 aromatic carbocycles. The standard InChI is InChI=1S/C29H29NO5/c31-27(30-26-6-1-21(12-25(26)28(32)33)22-7-8-34-16-22)17-35-24-4-2-23(3-5-24)29-13-18-9-19(14-29)11-20(10-18)15-29/h1-8,12,16,18-20H,9-11,13-15,17H2,(H,30,31)(H,32,33). The van der Waals surface area contributed by atoms with Crippen LogP contribution in [-0.4, -0.2) is 23.6 Å². The molecule has 4 aliphatic carbocycles. The Morgan fingerprint density at radius 2 is 1.63 bits per heavy atom. The summed E-state index contributed by atoms with van der Waals surface area (Å²) in [5, 5.41) is 12.3. The third-order valence-corrected chi connectivity index (χ3v) is 8.25. The zero-order valence-corrected chi connectivity index (χ0v) is 19.5. The Morgan fingerprint density at radius 1 is 0.943 bits per heavy atom. The molecule has 4 bridgehead atoms. The quantitative estimate of drug-likeness (QED) is 0.433. The first kappa shape index (κ1) is 22.0. The molecule has 180 valence electrons. The highest BCUT2D eigenvalue weighted by Crippen LogP contribution is 2.60. The first-order valence-corrected chi connectivity index (χ1v) is 12.4. The van der Waals surface area contributed by atoms with E-state index in [0.717, 1.165) is 23.3 Å². The van der Waals surface area contributed by atoms with E-state index < -0.39 is 11.9 Å². The second-order valence-corrected chi connectivity index (χ2v) is 10.6. The Kier molecular flexibility index (Phi) is 5.39. The fourth-order valence-electron chi connectivity index (χ4n) is 7.14. The molecule has 0 aliphatic heterocycles. The van der Waals surface area contributed by atoms with Gasteiger partial charge >= 0.3 is 5.97 Å². The van der Waals surface area contributed by atoms with Crippen molar-refractivity contribution in [3.8, 4) is 16.9 Å². The average Bonchev–Trinajstić information content (AvgIpc) is 3.37. The summed E-state index contributed by atoms with van der Waals surface area (Å²) in [7, 11) is 0. The van der Waals surface area contributed by atoms with Crippen LogP contribution in [0.3, 0.4) is 0 Å². The highest BCUT2D eigenvalue weighted by Gasteiger charge is 2.51. The molecule has 6 heteroatoms. The number of carboxylic acids is 1. The fraction of sp³-hybridized carbons (Fsp3) is 0.379. The Labute approximate surface area is 204 Å². The first-order valence-electron chi connectivity index (χ1n) is 12.4. The number of aromatic carboxylic acids is 1. The van der Waals surface area contributed by atoms with Crippen molar-refractivity contribution >= 4 is 17.6 Å². The molecule has 35 heavy (non-hydrogen) atoms. The molecule has 3 aromatic rings. The number of carboxylic acid groups (broad SMARTS) is 1. The minimum atomic E-state index is -1.12. The zero-order valence-electron chi connectivity index (χ0n) is 19.5. The fourth-order valence-corrected chi connectivity index (χ4v) is 7.14. The van der Waals surface area contributed by atoms with E-state index in [1.807, 2.05) is 12.1 Å². The van der Waals surface area contributed by atoms with Crippen LogP contribution in [0.25, 0.3) is 11.1 Å². The molecule has 1 heterocycles. The molecule has 2 N–H and O–H groups in total. The number of hydrogen-bond donors (Lipinski definition) is 2. The van der Waals surface area contributed by atoms with Gasteiger partial charge in [-0.05, 0) is 103 Å². The number of ether oxygens (including phenoxy) is 1. The minimum absolute atomic E-state index is 0.0111. The molecule has 6 nitrogen and oxygen atoms in total. The van der Waals surface area contributed by atoms with Gasteiger partial charge in [-0.2, -0.15) is 0 Å². The van der Waals surface area contributed by atoms with Gasteiger partial charge in [-0.15, -0.1) is 0 Å². The van der Waals surface area contributed by atoms with Crippen LogP contribution in [0.2, 0.25) is 0 Å². The Bertz CT molecular complexity index is 1210. The van der Waals surface area contributed by atoms with E-state index in [9.17, 15) is 14.7 Å². The van der Waals surface area contributed by atoms with Crippen molar-refractivity contribution in [2.24, 2.45) is 17.8 Å². The highest BCUT2D eigenvalue weighted by atomic mass is 16.5. The van der Waals surface area contributed by atoms with Gasteiger partial charge in [-0.1, -0.05) is 18.2 Å². The average molecular weight is 472 g/mol. The van der Waals surface area contributed by atoms with E-state index >= 15 is 0 Å². The molecular weight excluding hydrogens is 442 g/mol. The van der Waals surface area contributed by atoms with Crippen LogP contribution in [0.4, 0.5) is 5.69 Å². The smallest absolute Gasteiger partial charge is 0.337 e. The van der Waals surface area contributed by atoms with E-state index in [1.165, 1.54) is 56.4 Å². The van der Waals surface area contributed by atoms with E-state index in [-0.39, 0.29) is 17.9 Å². The van der Waals surface area contributed by atoms with Gasteiger partial charge in [-0.3, -0.25) is 4.79 Å². The van der Waals surface area contributed by atoms with Gasteiger partial charge in [0.15, 0.2) is 6.61 Å². The number of amides is 1. The van der Waals surface area contributed by atoms with Crippen LogP contribution in [0, 0.1) is 17.8 Å². The van der Waals surface area contributed by atoms with Gasteiger partial charge in [0.05, 0.1) is 23.8 Å². The lowest BCUT2D eigenvalue weighted by atomic mass is 9.48. The number of rotatable bonds is 7. The SMILES string of the molecule is O=C(COc1ccc(C23CC4CC(CC(C4)C2)C3)cc1)Nc1ccc(-c2ccoc2)cc1C(=O)O. The molecule has 0 unspecified atom stereocenters. The predicted molar refractivity (Wildman–Crippen MR) is 132 cm³/mol. The highest BCUT2D eigenvalue weighted by molar-refractivity contribution is 6.02. The molecule has 0 radical (unpaired) electrons. The predicted octanol–water partition coefficient (Wildman–Crippen LogP) is 6.13. The van der Waals surface area contributed by atoms with Gasteiger partial charge < -0.3 is 19.6 Å². The van der Waals surface area contributed by atoms with Crippen molar-refractivity contribution in [1.82, 2.24) is 0 Å². The van der Waals surface area contributed by atoms with Gasteiger partial charge in [0.1, 0.15) is 5.75 Å². The lowest BCUT2D eigenvalue weighted by molar-refractivity contribution is -0.118. The van der Waals surface area contributed by atoms with E-state index in [4.69, 9.17) is 9.15 Å². The van der Waals surface area contributed by atoms with Crippen molar-refractivity contribution in [2.75, 3.05) is 11.9 Å². The molecule has 4 fully saturated rings. The largest absolute Gasteiger partial charge is 0.484 e. The summed E-state index contributed by atoms with van der Waals surface area (Å²) in [5.41, 5.74) is 3.46. The molecule has 4 saturated carbocycles. The van der Waals surface area contributed by atoms with E-state index in [2.05, 4.69) is 17.4 Å². The van der Waals surface area contributed by atoms with Crippen LogP contribution in [-0.2, 0) is 10.2 Å². The van der Waals surface area contributed by atoms with Crippen molar-refractivity contribution in [2.45, 2.75) is 43.9 Å². The van der Waals surface area contributed by atoms with Crippen LogP contribution in [0.1, 0.15) is 54.4 Å². The Morgan fingerprint density at radius 3 is 2.23 bits per heavy atom. The number of benzene rings is 2. The lowest BCUT2D eigenvalue weighted by Gasteiger charge is -2.57. The lowest BCUT2D eigenvalue weighted by Crippen LogP contribution is -2.48. The second kappa shape index (κ2) is 8.59. The van der Waals surface area contributed by atoms with Crippen LogP contribution in [0.5, 0.6) is 5.75 Å². The molecule has 7 rings (SSSR count). The van der Waals surface area contributed by atoms with Gasteiger partial charge in [0.2, 0.25) is 0 Å². The van der Waals surface area contributed by atoms with E-state index in [1.54, 1.807) is 24.5 Å². The maximum absolute atomic E-state index is 12.5. The monoisotopic (exact) mass is 471 g/mol. The van der Waals surface area contributed by atoms with Gasteiger partial charge in [-0.25, -0.2) is 4.79 Å². The third kappa shape index (κ3) is 4.22. The zero-order chi connectivity index (χ0) is 24.0. The molecule has 1 amide bonds. The number of anilines is 1. The molecule has 0 saturated heterocycles. The summed E-state index contributed by atoms with van der Waals surface area (Å²) in [6.07, 6.45) is 11.3. The number of hydrogen-bond acceptors (Lipinski definition) is 4. The van der Waals surface area contributed by atoms with Crippen LogP contribution >= 0.6 is 0 Å². The number of carbonyl (C=O) groups is 2. The molecule has 1 aromatic heterocycles. The van der Waals surface area contributed by atoms with Gasteiger partial charge in [0.25, 0.3) is 5.91 Å². The van der Waals surface area contributed by atoms with Crippen LogP contribution < -0.4 is 10.1 Å². The number of carbonyl (C=O) groups excluding carboxylic acids is 1. The number of furan rings is 1. The normalized spacial score (nSPS) is 26.5. The van der Waals surface area contributed by atoms with Gasteiger partial charge in [0, 0.05) is 5.56 Å². The van der Waals surface area contributed by atoms with Crippen molar-refractivity contribution in [3.05, 3.63) is 72.2 Å². The molecular formula is C29H29NO5. The summed E-state index contributed by atoms with van der Waals surface area (Å²) in [6, 6.07) is 14.9. The summed E-state index contributed by atoms with van der Waals surface area (Å²) in [5.74, 6) is 1.80. The maximum atomic E-state index is 12.5. The van der Waals surface area contributed by atoms with Crippen molar-refractivity contribution < 1.29 is 23.8 Å². The Hall–Kier alpha value is -3.54. The maximum Gasteiger partial charge on any atom is 0.337 e.